The second-order valence-electron chi connectivity index (χ2n) is 7.35. The Hall–Kier alpha value is -1.16. The van der Waals surface area contributed by atoms with Crippen molar-refractivity contribution in [2.45, 2.75) is 91.6 Å². The third-order valence-corrected chi connectivity index (χ3v) is 4.81. The molecule has 0 aliphatic carbocycles. The number of quaternary nitrogens is 1. The summed E-state index contributed by atoms with van der Waals surface area (Å²) in [5.74, 6) is 0. The molecule has 0 amide bonds. The number of hydrogen-bond acceptors (Lipinski definition) is 6. The van der Waals surface area contributed by atoms with Crippen LogP contribution in [0.25, 0.3) is 0 Å². The number of nitriles is 2. The summed E-state index contributed by atoms with van der Waals surface area (Å²) < 4.78 is 5.55. The molecule has 0 bridgehead atoms. The fourth-order valence-electron chi connectivity index (χ4n) is 2.98. The highest BCUT2D eigenvalue weighted by Crippen LogP contribution is 2.16. The molecule has 0 rings (SSSR count). The standard InChI is InChI=1S/C16H36N.C5H6BN2O4/c1-5-9-13-17(14-10-6-2,15-11-7-3)16-12-8-4;1-10-6(9)12-11-5(4-8)2-3-7/h5-16H2,1-4H3;5H,2H2,1H3/q+1;-1. The van der Waals surface area contributed by atoms with Gasteiger partial charge in [0.2, 0.25) is 0 Å². The zero-order chi connectivity index (χ0) is 22.4. The van der Waals surface area contributed by atoms with Gasteiger partial charge >= 0.3 is 7.32 Å². The lowest BCUT2D eigenvalue weighted by atomic mass is 10.1. The van der Waals surface area contributed by atoms with E-state index in [2.05, 4.69) is 42.0 Å². The fraction of sp³-hybridized carbons (Fsp3) is 0.905. The normalized spacial score (nSPS) is 11.7. The molecule has 0 radical (unpaired) electrons. The van der Waals surface area contributed by atoms with E-state index in [-0.39, 0.29) is 6.42 Å². The molecule has 0 N–H and O–H groups in total. The van der Waals surface area contributed by atoms with Crippen LogP contribution in [-0.2, 0) is 14.3 Å². The van der Waals surface area contributed by atoms with Crippen LogP contribution in [0.2, 0.25) is 0 Å². The summed E-state index contributed by atoms with van der Waals surface area (Å²) in [4.78, 5) is 8.31. The largest absolute Gasteiger partial charge is 0.830 e. The number of hydrogen-bond donors (Lipinski definition) is 0. The van der Waals surface area contributed by atoms with Crippen LogP contribution >= 0.6 is 0 Å². The molecular weight excluding hydrogens is 369 g/mol. The lowest BCUT2D eigenvalue weighted by Gasteiger charge is -2.39. The minimum absolute atomic E-state index is 0.160. The first kappa shape index (κ1) is 30.0. The van der Waals surface area contributed by atoms with Gasteiger partial charge in [0.25, 0.3) is 0 Å². The number of rotatable bonds is 17. The minimum atomic E-state index is -1.79. The van der Waals surface area contributed by atoms with Gasteiger partial charge in [-0.25, -0.2) is 4.89 Å². The highest BCUT2D eigenvalue weighted by atomic mass is 17.2. The monoisotopic (exact) mass is 411 g/mol. The zero-order valence-corrected chi connectivity index (χ0v) is 19.3. The molecule has 0 aromatic heterocycles. The van der Waals surface area contributed by atoms with E-state index in [4.69, 9.17) is 10.5 Å². The van der Waals surface area contributed by atoms with Crippen LogP contribution in [0, 0.1) is 22.7 Å². The van der Waals surface area contributed by atoms with Crippen molar-refractivity contribution in [3.05, 3.63) is 0 Å². The summed E-state index contributed by atoms with van der Waals surface area (Å²) in [6.07, 6.45) is 9.85. The number of nitrogens with zero attached hydrogens (tertiary/aromatic N) is 3. The van der Waals surface area contributed by atoms with Gasteiger partial charge in [-0.05, 0) is 25.7 Å². The Bertz CT molecular complexity index is 403. The molecule has 0 aromatic rings. The molecule has 0 aromatic carbocycles. The highest BCUT2D eigenvalue weighted by Gasteiger charge is 2.24. The van der Waals surface area contributed by atoms with Crippen molar-refractivity contribution in [2.24, 2.45) is 0 Å². The third-order valence-electron chi connectivity index (χ3n) is 4.81. The Balaban J connectivity index is 0. The quantitative estimate of drug-likeness (QED) is 0.157. The summed E-state index contributed by atoms with van der Waals surface area (Å²) in [5.41, 5.74) is 0. The third kappa shape index (κ3) is 17.4. The molecule has 29 heavy (non-hydrogen) atoms. The van der Waals surface area contributed by atoms with Gasteiger partial charge in [-0.15, -0.1) is 0 Å². The summed E-state index contributed by atoms with van der Waals surface area (Å²) in [6.45, 7) is 15.0. The molecule has 0 aliphatic heterocycles. The molecule has 7 nitrogen and oxygen atoms in total. The molecule has 168 valence electrons. The van der Waals surface area contributed by atoms with Crippen molar-refractivity contribution < 1.29 is 23.9 Å². The maximum Gasteiger partial charge on any atom is 0.389 e. The first-order valence-electron chi connectivity index (χ1n) is 11.1. The van der Waals surface area contributed by atoms with Crippen LogP contribution in [0.4, 0.5) is 0 Å². The SMILES string of the molecule is CCCC[N+](CCCC)(CCCC)CCCC.COB([O-])OOC(C#N)CC#N. The molecule has 8 heteroatoms. The van der Waals surface area contributed by atoms with E-state index in [0.29, 0.717) is 0 Å². The van der Waals surface area contributed by atoms with Crippen LogP contribution in [0.1, 0.15) is 85.5 Å². The summed E-state index contributed by atoms with van der Waals surface area (Å²) in [5, 5.41) is 26.8. The van der Waals surface area contributed by atoms with Crippen LogP contribution < -0.4 is 5.02 Å². The first-order valence-corrected chi connectivity index (χ1v) is 11.1. The Labute approximate surface area is 179 Å². The van der Waals surface area contributed by atoms with Crippen molar-refractivity contribution >= 4 is 7.32 Å². The van der Waals surface area contributed by atoms with Crippen LogP contribution in [0.3, 0.4) is 0 Å². The van der Waals surface area contributed by atoms with Crippen molar-refractivity contribution in [3.63, 3.8) is 0 Å². The van der Waals surface area contributed by atoms with Gasteiger partial charge in [0.05, 0.1) is 44.7 Å². The van der Waals surface area contributed by atoms with E-state index in [1.165, 1.54) is 82.0 Å². The van der Waals surface area contributed by atoms with Crippen LogP contribution in [0.15, 0.2) is 0 Å². The fourth-order valence-corrected chi connectivity index (χ4v) is 2.98. The van der Waals surface area contributed by atoms with E-state index in [0.717, 1.165) is 7.11 Å². The van der Waals surface area contributed by atoms with Crippen molar-refractivity contribution in [2.75, 3.05) is 33.3 Å². The van der Waals surface area contributed by atoms with Gasteiger partial charge in [-0.1, -0.05) is 53.4 Å². The molecular formula is C21H42BN3O4. The second-order valence-corrected chi connectivity index (χ2v) is 7.35. The van der Waals surface area contributed by atoms with Gasteiger partial charge in [0.15, 0.2) is 6.10 Å². The Morgan fingerprint density at radius 2 is 1.28 bits per heavy atom. The van der Waals surface area contributed by atoms with Crippen LogP contribution in [-0.4, -0.2) is 51.2 Å². The summed E-state index contributed by atoms with van der Waals surface area (Å²) >= 11 is 0. The summed E-state index contributed by atoms with van der Waals surface area (Å²) in [6, 6.07) is 3.31. The van der Waals surface area contributed by atoms with Gasteiger partial charge in [-0.3, -0.25) is 4.81 Å². The van der Waals surface area contributed by atoms with E-state index in [1.54, 1.807) is 12.1 Å². The smallest absolute Gasteiger partial charge is 0.389 e. The van der Waals surface area contributed by atoms with E-state index in [9.17, 15) is 5.02 Å². The minimum Gasteiger partial charge on any atom is -0.830 e. The van der Waals surface area contributed by atoms with Crippen LogP contribution in [0.5, 0.6) is 0 Å². The van der Waals surface area contributed by atoms with Crippen molar-refractivity contribution in [3.8, 4) is 12.1 Å². The molecule has 1 unspecified atom stereocenters. The van der Waals surface area contributed by atoms with E-state index < -0.39 is 13.4 Å². The highest BCUT2D eigenvalue weighted by molar-refractivity contribution is 6.31. The lowest BCUT2D eigenvalue weighted by molar-refractivity contribution is -0.929. The summed E-state index contributed by atoms with van der Waals surface area (Å²) in [7, 11) is -0.660. The maximum atomic E-state index is 10.4. The van der Waals surface area contributed by atoms with Gasteiger partial charge in [0, 0.05) is 7.11 Å². The Morgan fingerprint density at radius 1 is 0.862 bits per heavy atom. The Kier molecular flexibility index (Phi) is 22.3. The van der Waals surface area contributed by atoms with Gasteiger partial charge < -0.3 is 14.2 Å². The predicted molar refractivity (Wildman–Crippen MR) is 114 cm³/mol. The maximum absolute atomic E-state index is 10.4. The average Bonchev–Trinajstić information content (AvgIpc) is 2.75. The van der Waals surface area contributed by atoms with Gasteiger partial charge in [0.1, 0.15) is 0 Å². The topological polar surface area (TPSA) is 98.3 Å². The molecule has 0 aliphatic rings. The molecule has 0 saturated heterocycles. The van der Waals surface area contributed by atoms with Crippen molar-refractivity contribution in [1.29, 1.82) is 10.5 Å². The average molecular weight is 411 g/mol. The molecule has 0 spiro atoms. The molecule has 0 saturated carbocycles. The first-order chi connectivity index (χ1) is 14.0. The zero-order valence-electron chi connectivity index (χ0n) is 19.3. The molecule has 0 heterocycles. The van der Waals surface area contributed by atoms with E-state index >= 15 is 0 Å². The predicted octanol–water partition coefficient (Wildman–Crippen LogP) is 3.74. The lowest BCUT2D eigenvalue weighted by Crippen LogP contribution is -2.50. The van der Waals surface area contributed by atoms with E-state index in [1.807, 2.05) is 0 Å². The molecule has 0 fully saturated rings. The molecule has 1 atom stereocenters. The van der Waals surface area contributed by atoms with Crippen molar-refractivity contribution in [1.82, 2.24) is 0 Å². The van der Waals surface area contributed by atoms with Gasteiger partial charge in [-0.2, -0.15) is 10.5 Å². The number of unbranched alkanes of at least 4 members (excludes halogenated alkanes) is 4. The Morgan fingerprint density at radius 3 is 1.55 bits per heavy atom. The second kappa shape index (κ2) is 21.6.